The monoisotopic (exact) mass is 362 g/mol. The summed E-state index contributed by atoms with van der Waals surface area (Å²) in [6, 6.07) is 14.0. The normalized spacial score (nSPS) is 17.6. The van der Waals surface area contributed by atoms with Crippen molar-refractivity contribution in [3.8, 4) is 17.1 Å². The number of nitrogens with one attached hydrogen (secondary N) is 1. The van der Waals surface area contributed by atoms with Gasteiger partial charge in [0.2, 0.25) is 0 Å². The zero-order chi connectivity index (χ0) is 19.0. The van der Waals surface area contributed by atoms with Crippen molar-refractivity contribution in [3.63, 3.8) is 0 Å². The first-order valence-corrected chi connectivity index (χ1v) is 9.58. The van der Waals surface area contributed by atoms with Gasteiger partial charge in [-0.25, -0.2) is 9.97 Å². The molecule has 1 saturated heterocycles. The number of aromatic hydroxyl groups is 1. The summed E-state index contributed by atoms with van der Waals surface area (Å²) in [7, 11) is 0. The molecule has 0 amide bonds. The molecule has 0 bridgehead atoms. The Hall–Kier alpha value is -2.66. The Morgan fingerprint density at radius 2 is 1.96 bits per heavy atom. The number of anilines is 1. The van der Waals surface area contributed by atoms with Crippen molar-refractivity contribution in [1.82, 2.24) is 15.3 Å². The summed E-state index contributed by atoms with van der Waals surface area (Å²) in [6.45, 7) is 9.36. The fourth-order valence-electron chi connectivity index (χ4n) is 3.81. The van der Waals surface area contributed by atoms with Crippen LogP contribution < -0.4 is 10.2 Å². The van der Waals surface area contributed by atoms with E-state index < -0.39 is 0 Å². The number of hydrogen-bond donors (Lipinski definition) is 2. The highest BCUT2D eigenvalue weighted by Gasteiger charge is 2.28. The van der Waals surface area contributed by atoms with Crippen LogP contribution in [0, 0.1) is 12.8 Å². The maximum Gasteiger partial charge on any atom is 0.165 e. The molecule has 2 heterocycles. The number of aromatic nitrogens is 2. The molecule has 1 unspecified atom stereocenters. The third-order valence-corrected chi connectivity index (χ3v) is 5.30. The first kappa shape index (κ1) is 17.7. The fourth-order valence-corrected chi connectivity index (χ4v) is 3.81. The predicted molar refractivity (Wildman–Crippen MR) is 110 cm³/mol. The van der Waals surface area contributed by atoms with Crippen molar-refractivity contribution in [2.24, 2.45) is 5.92 Å². The van der Waals surface area contributed by atoms with Gasteiger partial charge in [-0.2, -0.15) is 0 Å². The van der Waals surface area contributed by atoms with Crippen LogP contribution >= 0.6 is 0 Å². The smallest absolute Gasteiger partial charge is 0.165 e. The van der Waals surface area contributed by atoms with Gasteiger partial charge in [-0.15, -0.1) is 0 Å². The van der Waals surface area contributed by atoms with E-state index >= 15 is 0 Å². The summed E-state index contributed by atoms with van der Waals surface area (Å²) >= 11 is 0. The second-order valence-electron chi connectivity index (χ2n) is 7.62. The summed E-state index contributed by atoms with van der Waals surface area (Å²) in [6.07, 6.45) is 0. The number of nitrogens with zero attached hydrogens (tertiary/aromatic N) is 3. The van der Waals surface area contributed by atoms with Gasteiger partial charge in [0.1, 0.15) is 11.6 Å². The Kier molecular flexibility index (Phi) is 4.70. The molecule has 5 heteroatoms. The molecular formula is C22H26N4O. The highest BCUT2D eigenvalue weighted by molar-refractivity contribution is 5.92. The Morgan fingerprint density at radius 3 is 2.74 bits per heavy atom. The molecule has 1 aliphatic heterocycles. The van der Waals surface area contributed by atoms with Crippen LogP contribution in [-0.2, 0) is 0 Å². The molecular weight excluding hydrogens is 336 g/mol. The van der Waals surface area contributed by atoms with Crippen LogP contribution in [-0.4, -0.2) is 40.8 Å². The highest BCUT2D eigenvalue weighted by atomic mass is 16.3. The van der Waals surface area contributed by atoms with E-state index in [2.05, 4.69) is 49.2 Å². The van der Waals surface area contributed by atoms with E-state index in [1.807, 2.05) is 18.2 Å². The number of para-hydroxylation sites is 1. The van der Waals surface area contributed by atoms with E-state index in [9.17, 15) is 5.11 Å². The molecule has 27 heavy (non-hydrogen) atoms. The molecule has 2 aromatic carbocycles. The molecule has 1 aliphatic rings. The van der Waals surface area contributed by atoms with Crippen LogP contribution in [0.3, 0.4) is 0 Å². The van der Waals surface area contributed by atoms with Gasteiger partial charge in [0, 0.05) is 31.1 Å². The summed E-state index contributed by atoms with van der Waals surface area (Å²) < 4.78 is 0. The van der Waals surface area contributed by atoms with Crippen LogP contribution in [0.5, 0.6) is 5.75 Å². The second kappa shape index (κ2) is 7.16. The largest absolute Gasteiger partial charge is 0.507 e. The van der Waals surface area contributed by atoms with Crippen LogP contribution in [0.4, 0.5) is 5.82 Å². The number of phenolic OH excluding ortho intramolecular Hbond substituents is 1. The minimum atomic E-state index is 0.205. The van der Waals surface area contributed by atoms with Crippen molar-refractivity contribution in [3.05, 3.63) is 48.0 Å². The number of hydrogen-bond acceptors (Lipinski definition) is 5. The standard InChI is InChI=1S/C22H26N4O/c1-14(2)19-13-23-10-11-26(19)22-16-9-8-15(3)12-18(16)24-21(25-22)17-6-4-5-7-20(17)27/h4-9,12,14,19,23,27H,10-11,13H2,1-3H3. The molecule has 0 radical (unpaired) electrons. The van der Waals surface area contributed by atoms with Crippen LogP contribution in [0.1, 0.15) is 19.4 Å². The lowest BCUT2D eigenvalue weighted by molar-refractivity contribution is 0.389. The summed E-state index contributed by atoms with van der Waals surface area (Å²) in [5.74, 6) is 2.23. The van der Waals surface area contributed by atoms with Crippen LogP contribution in [0.15, 0.2) is 42.5 Å². The van der Waals surface area contributed by atoms with E-state index in [0.29, 0.717) is 23.3 Å². The number of rotatable bonds is 3. The SMILES string of the molecule is Cc1ccc2c(N3CCNCC3C(C)C)nc(-c3ccccc3O)nc2c1. The van der Waals surface area contributed by atoms with Crippen molar-refractivity contribution < 1.29 is 5.11 Å². The molecule has 1 fully saturated rings. The molecule has 4 rings (SSSR count). The number of piperazine rings is 1. The molecule has 0 aliphatic carbocycles. The lowest BCUT2D eigenvalue weighted by atomic mass is 10.00. The topological polar surface area (TPSA) is 61.3 Å². The van der Waals surface area contributed by atoms with Crippen molar-refractivity contribution in [2.45, 2.75) is 26.8 Å². The molecule has 1 aromatic heterocycles. The van der Waals surface area contributed by atoms with Crippen molar-refractivity contribution >= 4 is 16.7 Å². The van der Waals surface area contributed by atoms with E-state index in [0.717, 1.165) is 41.9 Å². The van der Waals surface area contributed by atoms with E-state index in [1.165, 1.54) is 0 Å². The van der Waals surface area contributed by atoms with Gasteiger partial charge in [0.15, 0.2) is 5.82 Å². The van der Waals surface area contributed by atoms with E-state index in [4.69, 9.17) is 9.97 Å². The number of aryl methyl sites for hydroxylation is 1. The lowest BCUT2D eigenvalue weighted by Gasteiger charge is -2.40. The zero-order valence-corrected chi connectivity index (χ0v) is 16.1. The maximum atomic E-state index is 10.3. The van der Waals surface area contributed by atoms with Gasteiger partial charge in [-0.1, -0.05) is 32.0 Å². The van der Waals surface area contributed by atoms with Crippen LogP contribution in [0.2, 0.25) is 0 Å². The molecule has 3 aromatic rings. The summed E-state index contributed by atoms with van der Waals surface area (Å²) in [5.41, 5.74) is 2.74. The minimum Gasteiger partial charge on any atom is -0.507 e. The van der Waals surface area contributed by atoms with Gasteiger partial charge in [0.25, 0.3) is 0 Å². The average Bonchev–Trinajstić information content (AvgIpc) is 2.67. The Morgan fingerprint density at radius 1 is 1.15 bits per heavy atom. The minimum absolute atomic E-state index is 0.205. The van der Waals surface area contributed by atoms with E-state index in [-0.39, 0.29) is 5.75 Å². The fraction of sp³-hybridized carbons (Fsp3) is 0.364. The third-order valence-electron chi connectivity index (χ3n) is 5.30. The first-order valence-electron chi connectivity index (χ1n) is 9.58. The zero-order valence-electron chi connectivity index (χ0n) is 16.1. The quantitative estimate of drug-likeness (QED) is 0.743. The van der Waals surface area contributed by atoms with Crippen molar-refractivity contribution in [2.75, 3.05) is 24.5 Å². The van der Waals surface area contributed by atoms with Gasteiger partial charge >= 0.3 is 0 Å². The predicted octanol–water partition coefficient (Wildman–Crippen LogP) is 3.75. The highest BCUT2D eigenvalue weighted by Crippen LogP contribution is 2.33. The van der Waals surface area contributed by atoms with Crippen LogP contribution in [0.25, 0.3) is 22.3 Å². The Balaban J connectivity index is 1.94. The third kappa shape index (κ3) is 3.35. The second-order valence-corrected chi connectivity index (χ2v) is 7.62. The molecule has 140 valence electrons. The average molecular weight is 362 g/mol. The Labute approximate surface area is 160 Å². The lowest BCUT2D eigenvalue weighted by Crippen LogP contribution is -2.54. The number of phenols is 1. The first-order chi connectivity index (χ1) is 13.0. The van der Waals surface area contributed by atoms with E-state index in [1.54, 1.807) is 6.07 Å². The van der Waals surface area contributed by atoms with Gasteiger partial charge < -0.3 is 15.3 Å². The van der Waals surface area contributed by atoms with Gasteiger partial charge in [-0.3, -0.25) is 0 Å². The molecule has 1 atom stereocenters. The van der Waals surface area contributed by atoms with Gasteiger partial charge in [-0.05, 0) is 42.7 Å². The summed E-state index contributed by atoms with van der Waals surface area (Å²) in [5, 5.41) is 14.9. The van der Waals surface area contributed by atoms with Crippen molar-refractivity contribution in [1.29, 1.82) is 0 Å². The van der Waals surface area contributed by atoms with Gasteiger partial charge in [0.05, 0.1) is 11.1 Å². The number of fused-ring (bicyclic) bond motifs is 1. The molecule has 2 N–H and O–H groups in total. The molecule has 0 saturated carbocycles. The number of benzene rings is 2. The molecule has 5 nitrogen and oxygen atoms in total. The Bertz CT molecular complexity index is 970. The maximum absolute atomic E-state index is 10.3. The summed E-state index contributed by atoms with van der Waals surface area (Å²) in [4.78, 5) is 12.1. The molecule has 0 spiro atoms.